The van der Waals surface area contributed by atoms with Crippen LogP contribution < -0.4 is 5.43 Å². The molecule has 4 aromatic rings. The zero-order valence-corrected chi connectivity index (χ0v) is 16.1. The molecule has 0 saturated carbocycles. The highest BCUT2D eigenvalue weighted by molar-refractivity contribution is 5.83. The van der Waals surface area contributed by atoms with E-state index in [1.165, 1.54) is 16.9 Å². The van der Waals surface area contributed by atoms with E-state index >= 15 is 0 Å². The molecule has 0 spiro atoms. The fourth-order valence-electron chi connectivity index (χ4n) is 3.49. The van der Waals surface area contributed by atoms with Gasteiger partial charge in [-0.1, -0.05) is 24.3 Å². The quantitative estimate of drug-likeness (QED) is 0.424. The number of para-hydroxylation sites is 2. The number of anilines is 1. The molecule has 0 amide bonds. The third-order valence-corrected chi connectivity index (χ3v) is 4.89. The molecule has 5 nitrogen and oxygen atoms in total. The molecule has 2 heterocycles. The van der Waals surface area contributed by atoms with E-state index in [0.29, 0.717) is 0 Å². The van der Waals surface area contributed by atoms with Gasteiger partial charge >= 0.3 is 0 Å². The van der Waals surface area contributed by atoms with Crippen LogP contribution in [0.3, 0.4) is 0 Å². The highest BCUT2D eigenvalue weighted by Crippen LogP contribution is 2.21. The van der Waals surface area contributed by atoms with Gasteiger partial charge in [0.15, 0.2) is 0 Å². The number of aryl methyl sites for hydroxylation is 3. The van der Waals surface area contributed by atoms with E-state index in [2.05, 4.69) is 71.2 Å². The first-order valence-electron chi connectivity index (χ1n) is 9.01. The topological polar surface area (TPSA) is 47.1 Å². The standard InChI is InChI=1S/C22H23N5/c1-15-8-7-9-19(12-15)27-16(2)13-18(17(27)3)14-23-25-22-24-20-10-5-6-11-21(20)26(22)4/h5-14H,1-4H3,(H,24,25)/b23-14-. The van der Waals surface area contributed by atoms with Gasteiger partial charge in [-0.05, 0) is 56.7 Å². The summed E-state index contributed by atoms with van der Waals surface area (Å²) in [6.07, 6.45) is 1.86. The number of aromatic nitrogens is 3. The maximum Gasteiger partial charge on any atom is 0.224 e. The molecule has 2 aromatic heterocycles. The molecule has 0 aliphatic carbocycles. The Morgan fingerprint density at radius 2 is 1.81 bits per heavy atom. The van der Waals surface area contributed by atoms with Gasteiger partial charge in [-0.15, -0.1) is 0 Å². The number of benzene rings is 2. The van der Waals surface area contributed by atoms with Crippen LogP contribution in [0.2, 0.25) is 0 Å². The summed E-state index contributed by atoms with van der Waals surface area (Å²) in [4.78, 5) is 4.58. The van der Waals surface area contributed by atoms with Crippen molar-refractivity contribution in [1.29, 1.82) is 0 Å². The fourth-order valence-corrected chi connectivity index (χ4v) is 3.49. The average molecular weight is 357 g/mol. The molecule has 0 atom stereocenters. The van der Waals surface area contributed by atoms with Crippen molar-refractivity contribution in [3.8, 4) is 5.69 Å². The van der Waals surface area contributed by atoms with Crippen molar-refractivity contribution in [3.63, 3.8) is 0 Å². The van der Waals surface area contributed by atoms with Crippen molar-refractivity contribution in [2.45, 2.75) is 20.8 Å². The lowest BCUT2D eigenvalue weighted by Crippen LogP contribution is -2.01. The van der Waals surface area contributed by atoms with Crippen molar-refractivity contribution in [2.24, 2.45) is 12.1 Å². The number of hydrogen-bond donors (Lipinski definition) is 1. The molecule has 27 heavy (non-hydrogen) atoms. The van der Waals surface area contributed by atoms with E-state index in [9.17, 15) is 0 Å². The maximum atomic E-state index is 4.58. The smallest absolute Gasteiger partial charge is 0.224 e. The van der Waals surface area contributed by atoms with Gasteiger partial charge in [-0.25, -0.2) is 10.4 Å². The van der Waals surface area contributed by atoms with Crippen LogP contribution in [0.5, 0.6) is 0 Å². The van der Waals surface area contributed by atoms with Gasteiger partial charge in [0.1, 0.15) is 0 Å². The number of fused-ring (bicyclic) bond motifs is 1. The van der Waals surface area contributed by atoms with Gasteiger partial charge in [-0.3, -0.25) is 0 Å². The highest BCUT2D eigenvalue weighted by atomic mass is 15.4. The Labute approximate surface area is 159 Å². The highest BCUT2D eigenvalue weighted by Gasteiger charge is 2.10. The first-order valence-corrected chi connectivity index (χ1v) is 9.01. The fraction of sp³-hybridized carbons (Fsp3) is 0.182. The normalized spacial score (nSPS) is 11.6. The zero-order valence-electron chi connectivity index (χ0n) is 16.1. The summed E-state index contributed by atoms with van der Waals surface area (Å²) in [5.41, 5.74) is 10.9. The summed E-state index contributed by atoms with van der Waals surface area (Å²) >= 11 is 0. The summed E-state index contributed by atoms with van der Waals surface area (Å²) in [5.74, 6) is 0.722. The number of hydrazone groups is 1. The summed E-state index contributed by atoms with van der Waals surface area (Å²) in [6.45, 7) is 6.35. The van der Waals surface area contributed by atoms with Crippen molar-refractivity contribution in [2.75, 3.05) is 5.43 Å². The third-order valence-electron chi connectivity index (χ3n) is 4.89. The molecule has 0 bridgehead atoms. The van der Waals surface area contributed by atoms with Crippen LogP contribution >= 0.6 is 0 Å². The Bertz CT molecular complexity index is 1150. The molecule has 2 aromatic carbocycles. The number of rotatable bonds is 4. The SMILES string of the molecule is Cc1cccc(-n2c(C)cc(/C=N\Nc3nc4ccccc4n3C)c2C)c1. The Morgan fingerprint density at radius 3 is 2.59 bits per heavy atom. The van der Waals surface area contributed by atoms with Crippen LogP contribution in [-0.4, -0.2) is 20.3 Å². The lowest BCUT2D eigenvalue weighted by molar-refractivity contribution is 0.943. The predicted molar refractivity (Wildman–Crippen MR) is 112 cm³/mol. The summed E-state index contributed by atoms with van der Waals surface area (Å²) in [7, 11) is 1.98. The molecule has 0 unspecified atom stereocenters. The Hall–Kier alpha value is -3.34. The number of imidazole rings is 1. The minimum absolute atomic E-state index is 0.722. The summed E-state index contributed by atoms with van der Waals surface area (Å²) in [5, 5.41) is 4.42. The summed E-state index contributed by atoms with van der Waals surface area (Å²) < 4.78 is 4.26. The van der Waals surface area contributed by atoms with E-state index < -0.39 is 0 Å². The Morgan fingerprint density at radius 1 is 1.00 bits per heavy atom. The molecule has 136 valence electrons. The zero-order chi connectivity index (χ0) is 19.0. The van der Waals surface area contributed by atoms with Gasteiger partial charge < -0.3 is 9.13 Å². The molecular weight excluding hydrogens is 334 g/mol. The second-order valence-corrected chi connectivity index (χ2v) is 6.85. The van der Waals surface area contributed by atoms with E-state index in [1.807, 2.05) is 42.1 Å². The van der Waals surface area contributed by atoms with Crippen LogP contribution in [0.1, 0.15) is 22.5 Å². The average Bonchev–Trinajstić information content (AvgIpc) is 3.12. The molecule has 0 fully saturated rings. The van der Waals surface area contributed by atoms with Crippen molar-refractivity contribution < 1.29 is 0 Å². The van der Waals surface area contributed by atoms with Gasteiger partial charge in [-0.2, -0.15) is 5.10 Å². The van der Waals surface area contributed by atoms with E-state index in [-0.39, 0.29) is 0 Å². The second-order valence-electron chi connectivity index (χ2n) is 6.85. The molecule has 0 aliphatic heterocycles. The molecule has 1 N–H and O–H groups in total. The minimum atomic E-state index is 0.722. The van der Waals surface area contributed by atoms with Gasteiger partial charge in [0.2, 0.25) is 5.95 Å². The van der Waals surface area contributed by atoms with E-state index in [4.69, 9.17) is 0 Å². The molecule has 0 aliphatic rings. The summed E-state index contributed by atoms with van der Waals surface area (Å²) in [6, 6.07) is 18.7. The number of hydrogen-bond acceptors (Lipinski definition) is 3. The van der Waals surface area contributed by atoms with Crippen LogP contribution in [-0.2, 0) is 7.05 Å². The number of nitrogens with zero attached hydrogens (tertiary/aromatic N) is 4. The van der Waals surface area contributed by atoms with Crippen molar-refractivity contribution in [3.05, 3.63) is 77.1 Å². The van der Waals surface area contributed by atoms with Crippen LogP contribution in [0.25, 0.3) is 16.7 Å². The Balaban J connectivity index is 1.61. The molecular formula is C22H23N5. The lowest BCUT2D eigenvalue weighted by Gasteiger charge is -2.10. The van der Waals surface area contributed by atoms with Gasteiger partial charge in [0, 0.05) is 29.7 Å². The van der Waals surface area contributed by atoms with Crippen LogP contribution in [0, 0.1) is 20.8 Å². The largest absolute Gasteiger partial charge is 0.318 e. The van der Waals surface area contributed by atoms with Crippen LogP contribution in [0.4, 0.5) is 5.95 Å². The van der Waals surface area contributed by atoms with Gasteiger partial charge in [0.25, 0.3) is 0 Å². The molecule has 0 saturated heterocycles. The van der Waals surface area contributed by atoms with Gasteiger partial charge in [0.05, 0.1) is 17.2 Å². The minimum Gasteiger partial charge on any atom is -0.318 e. The maximum absolute atomic E-state index is 4.58. The second kappa shape index (κ2) is 6.76. The van der Waals surface area contributed by atoms with Crippen molar-refractivity contribution in [1.82, 2.24) is 14.1 Å². The number of nitrogens with one attached hydrogen (secondary N) is 1. The van der Waals surface area contributed by atoms with E-state index in [0.717, 1.165) is 28.2 Å². The predicted octanol–water partition coefficient (Wildman–Crippen LogP) is 4.74. The van der Waals surface area contributed by atoms with Crippen molar-refractivity contribution >= 4 is 23.2 Å². The Kier molecular flexibility index (Phi) is 4.28. The molecule has 4 rings (SSSR count). The first kappa shape index (κ1) is 17.1. The molecule has 0 radical (unpaired) electrons. The third kappa shape index (κ3) is 3.12. The van der Waals surface area contributed by atoms with E-state index in [1.54, 1.807) is 0 Å². The molecule has 5 heteroatoms. The first-order chi connectivity index (χ1) is 13.0. The monoisotopic (exact) mass is 357 g/mol. The van der Waals surface area contributed by atoms with Crippen LogP contribution in [0.15, 0.2) is 59.7 Å². The lowest BCUT2D eigenvalue weighted by atomic mass is 10.2.